The van der Waals surface area contributed by atoms with Gasteiger partial charge in [-0.2, -0.15) is 0 Å². The lowest BCUT2D eigenvalue weighted by Crippen LogP contribution is -2.46. The standard InChI is InChI=1S/C29H25F2NO5S/c1-3-37-29(35)27-20(24-5-4-12-38-24)14-23-26(28(27)34)19(16-6-9-18(36-2)10-7-16)15-25(33)32(23)22-11-8-17(30)13-21(22)31/h4-13,19-20,27H,3,14-15H2,1-2H3/t19-,20-,27+/m1/s1. The van der Waals surface area contributed by atoms with Crippen molar-refractivity contribution < 1.29 is 32.6 Å². The molecule has 1 aromatic heterocycles. The summed E-state index contributed by atoms with van der Waals surface area (Å²) < 4.78 is 39.3. The van der Waals surface area contributed by atoms with Crippen LogP contribution in [-0.4, -0.2) is 31.4 Å². The number of nitrogens with zero attached hydrogens (tertiary/aromatic N) is 1. The summed E-state index contributed by atoms with van der Waals surface area (Å²) in [5, 5.41) is 1.84. The Bertz CT molecular complexity index is 1420. The van der Waals surface area contributed by atoms with Crippen LogP contribution >= 0.6 is 11.3 Å². The molecule has 0 saturated carbocycles. The van der Waals surface area contributed by atoms with E-state index in [1.165, 1.54) is 29.4 Å². The molecule has 0 unspecified atom stereocenters. The van der Waals surface area contributed by atoms with E-state index in [9.17, 15) is 18.8 Å². The van der Waals surface area contributed by atoms with Gasteiger partial charge in [0.15, 0.2) is 5.78 Å². The maximum Gasteiger partial charge on any atom is 0.317 e. The van der Waals surface area contributed by atoms with Gasteiger partial charge < -0.3 is 9.47 Å². The van der Waals surface area contributed by atoms with Gasteiger partial charge in [-0.05, 0) is 54.6 Å². The third-order valence-electron chi connectivity index (χ3n) is 7.04. The van der Waals surface area contributed by atoms with Crippen molar-refractivity contribution in [2.45, 2.75) is 31.6 Å². The molecule has 0 saturated heterocycles. The molecule has 0 bridgehead atoms. The Morgan fingerprint density at radius 1 is 1.08 bits per heavy atom. The van der Waals surface area contributed by atoms with Crippen LogP contribution in [0.1, 0.15) is 42.0 Å². The van der Waals surface area contributed by atoms with E-state index >= 15 is 4.39 Å². The maximum absolute atomic E-state index is 15.0. The molecule has 0 N–H and O–H groups in total. The van der Waals surface area contributed by atoms with Crippen LogP contribution in [0.15, 0.2) is 71.2 Å². The number of rotatable bonds is 6. The molecule has 6 nitrogen and oxygen atoms in total. The van der Waals surface area contributed by atoms with Gasteiger partial charge in [-0.3, -0.25) is 19.3 Å². The maximum atomic E-state index is 15.0. The average Bonchev–Trinajstić information content (AvgIpc) is 3.44. The van der Waals surface area contributed by atoms with Gasteiger partial charge in [-0.15, -0.1) is 11.3 Å². The average molecular weight is 538 g/mol. The number of thiophene rings is 1. The van der Waals surface area contributed by atoms with Crippen molar-refractivity contribution in [3.63, 3.8) is 0 Å². The summed E-state index contributed by atoms with van der Waals surface area (Å²) in [6.07, 6.45) is -0.00673. The number of halogens is 2. The summed E-state index contributed by atoms with van der Waals surface area (Å²) in [6.45, 7) is 1.79. The zero-order valence-electron chi connectivity index (χ0n) is 20.8. The van der Waals surface area contributed by atoms with Gasteiger partial charge in [0.2, 0.25) is 5.91 Å². The molecule has 1 aliphatic heterocycles. The summed E-state index contributed by atoms with van der Waals surface area (Å²) >= 11 is 1.39. The molecule has 9 heteroatoms. The van der Waals surface area contributed by atoms with Crippen molar-refractivity contribution in [3.05, 3.63) is 93.3 Å². The molecule has 0 fully saturated rings. The summed E-state index contributed by atoms with van der Waals surface area (Å²) in [7, 11) is 1.54. The lowest BCUT2D eigenvalue weighted by Gasteiger charge is -2.42. The van der Waals surface area contributed by atoms with Gasteiger partial charge in [0.1, 0.15) is 23.3 Å². The first kappa shape index (κ1) is 25.8. The van der Waals surface area contributed by atoms with Crippen LogP contribution in [0.2, 0.25) is 0 Å². The van der Waals surface area contributed by atoms with Crippen molar-refractivity contribution in [2.75, 3.05) is 18.6 Å². The van der Waals surface area contributed by atoms with Gasteiger partial charge in [-0.1, -0.05) is 18.2 Å². The van der Waals surface area contributed by atoms with Crippen LogP contribution in [0.3, 0.4) is 0 Å². The van der Waals surface area contributed by atoms with E-state index < -0.39 is 47.0 Å². The summed E-state index contributed by atoms with van der Waals surface area (Å²) in [4.78, 5) is 43.0. The summed E-state index contributed by atoms with van der Waals surface area (Å²) in [6, 6.07) is 13.6. The second-order valence-corrected chi connectivity index (χ2v) is 10.1. The third kappa shape index (κ3) is 4.51. The van der Waals surface area contributed by atoms with E-state index in [1.807, 2.05) is 17.5 Å². The molecule has 2 heterocycles. The number of carbonyl (C=O) groups is 3. The fourth-order valence-electron chi connectivity index (χ4n) is 5.37. The quantitative estimate of drug-likeness (QED) is 0.296. The molecule has 1 aliphatic carbocycles. The number of hydrogen-bond donors (Lipinski definition) is 0. The second kappa shape index (κ2) is 10.5. The fourth-order valence-corrected chi connectivity index (χ4v) is 6.23. The molecule has 38 heavy (non-hydrogen) atoms. The van der Waals surface area contributed by atoms with Crippen molar-refractivity contribution in [1.29, 1.82) is 0 Å². The molecule has 3 aromatic rings. The molecular formula is C29H25F2NO5S. The lowest BCUT2D eigenvalue weighted by atomic mass is 9.69. The summed E-state index contributed by atoms with van der Waals surface area (Å²) in [5.74, 6) is -4.97. The SMILES string of the molecule is CCOC(=O)[C@@H]1C(=O)C2=C(C[C@@H]1c1cccs1)N(c1ccc(F)cc1F)C(=O)C[C@@H]2c1ccc(OC)cc1. The Hall–Kier alpha value is -3.85. The first-order valence-corrected chi connectivity index (χ1v) is 13.1. The van der Waals surface area contributed by atoms with Crippen LogP contribution in [-0.2, 0) is 19.1 Å². The summed E-state index contributed by atoms with van der Waals surface area (Å²) in [5.41, 5.74) is 1.14. The van der Waals surface area contributed by atoms with Crippen molar-refractivity contribution in [1.82, 2.24) is 0 Å². The zero-order chi connectivity index (χ0) is 27.0. The molecule has 1 amide bonds. The third-order valence-corrected chi connectivity index (χ3v) is 8.04. The van der Waals surface area contributed by atoms with E-state index in [0.29, 0.717) is 23.1 Å². The van der Waals surface area contributed by atoms with E-state index in [0.717, 1.165) is 10.9 Å². The van der Waals surface area contributed by atoms with Crippen LogP contribution in [0, 0.1) is 17.6 Å². The number of ether oxygens (including phenoxy) is 2. The van der Waals surface area contributed by atoms with Gasteiger partial charge in [0, 0.05) is 40.5 Å². The number of carbonyl (C=O) groups excluding carboxylic acids is 3. The van der Waals surface area contributed by atoms with Gasteiger partial charge in [0.05, 0.1) is 19.4 Å². The number of Topliss-reactive ketones (excluding diaryl/α,β-unsaturated/α-hetero) is 1. The van der Waals surface area contributed by atoms with E-state index in [-0.39, 0.29) is 30.7 Å². The predicted octanol–water partition coefficient (Wildman–Crippen LogP) is 5.75. The Balaban J connectivity index is 1.72. The molecule has 2 aromatic carbocycles. The molecule has 196 valence electrons. The Labute approximate surface area is 222 Å². The number of ketones is 1. The minimum atomic E-state index is -1.11. The Kier molecular flexibility index (Phi) is 7.12. The van der Waals surface area contributed by atoms with E-state index in [4.69, 9.17) is 9.47 Å². The van der Waals surface area contributed by atoms with Crippen LogP contribution in [0.5, 0.6) is 5.75 Å². The van der Waals surface area contributed by atoms with Gasteiger partial charge in [0.25, 0.3) is 0 Å². The molecule has 5 rings (SSSR count). The molecular weight excluding hydrogens is 512 g/mol. The first-order chi connectivity index (χ1) is 18.3. The predicted molar refractivity (Wildman–Crippen MR) is 138 cm³/mol. The monoisotopic (exact) mass is 537 g/mol. The van der Waals surface area contributed by atoms with E-state index in [2.05, 4.69) is 0 Å². The fraction of sp³-hybridized carbons (Fsp3) is 0.276. The number of amides is 1. The number of methoxy groups -OCH3 is 1. The minimum Gasteiger partial charge on any atom is -0.497 e. The number of allylic oxidation sites excluding steroid dienone is 2. The van der Waals surface area contributed by atoms with Gasteiger partial charge in [-0.25, -0.2) is 8.78 Å². The number of esters is 1. The first-order valence-electron chi connectivity index (χ1n) is 12.2. The van der Waals surface area contributed by atoms with Crippen LogP contribution in [0.25, 0.3) is 0 Å². The van der Waals surface area contributed by atoms with Crippen molar-refractivity contribution >= 4 is 34.7 Å². The lowest BCUT2D eigenvalue weighted by molar-refractivity contribution is -0.152. The highest BCUT2D eigenvalue weighted by Crippen LogP contribution is 2.50. The highest BCUT2D eigenvalue weighted by Gasteiger charge is 2.50. The normalized spacial score (nSPS) is 21.4. The number of hydrogen-bond acceptors (Lipinski definition) is 6. The minimum absolute atomic E-state index is 0.110. The molecule has 0 spiro atoms. The molecule has 2 aliphatic rings. The van der Waals surface area contributed by atoms with Crippen molar-refractivity contribution in [3.8, 4) is 5.75 Å². The molecule has 3 atom stereocenters. The Morgan fingerprint density at radius 2 is 1.84 bits per heavy atom. The smallest absolute Gasteiger partial charge is 0.317 e. The highest BCUT2D eigenvalue weighted by molar-refractivity contribution is 7.10. The molecule has 0 radical (unpaired) electrons. The van der Waals surface area contributed by atoms with E-state index in [1.54, 1.807) is 31.2 Å². The number of benzene rings is 2. The topological polar surface area (TPSA) is 72.9 Å². The van der Waals surface area contributed by atoms with Crippen LogP contribution in [0.4, 0.5) is 14.5 Å². The zero-order valence-corrected chi connectivity index (χ0v) is 21.6. The van der Waals surface area contributed by atoms with Crippen LogP contribution < -0.4 is 9.64 Å². The largest absolute Gasteiger partial charge is 0.497 e. The second-order valence-electron chi connectivity index (χ2n) is 9.14. The Morgan fingerprint density at radius 3 is 2.47 bits per heavy atom. The number of anilines is 1. The highest BCUT2D eigenvalue weighted by atomic mass is 32.1. The van der Waals surface area contributed by atoms with Crippen molar-refractivity contribution in [2.24, 2.45) is 5.92 Å². The van der Waals surface area contributed by atoms with Gasteiger partial charge >= 0.3 is 5.97 Å².